The molecule has 1 aromatic rings. The number of aliphatic hydroxyl groups excluding tert-OH is 1. The maximum absolute atomic E-state index is 9.47. The molecule has 3 N–H and O–H groups in total. The predicted octanol–water partition coefficient (Wildman–Crippen LogP) is 1.18. The van der Waals surface area contributed by atoms with E-state index in [1.165, 1.54) is 11.8 Å². The van der Waals surface area contributed by atoms with Crippen molar-refractivity contribution in [3.8, 4) is 0 Å². The van der Waals surface area contributed by atoms with Crippen molar-refractivity contribution in [2.24, 2.45) is 5.73 Å². The fourth-order valence-electron chi connectivity index (χ4n) is 1.31. The first kappa shape index (κ1) is 13.5. The highest BCUT2D eigenvalue weighted by Crippen LogP contribution is 2.26. The third kappa shape index (κ3) is 2.96. The van der Waals surface area contributed by atoms with Crippen LogP contribution in [0.15, 0.2) is 5.16 Å². The molecular formula is C10H20N4OS. The van der Waals surface area contributed by atoms with Crippen LogP contribution in [0.25, 0.3) is 0 Å². The molecule has 1 heterocycles. The van der Waals surface area contributed by atoms with Gasteiger partial charge in [-0.3, -0.25) is 0 Å². The minimum absolute atomic E-state index is 0.0901. The standard InChI is InChI=1S/C10H20N4OS/c1-6(2)14-9(5-11)12-13-10(14)16-8(4)7(3)15/h6-8,15H,5,11H2,1-4H3. The van der Waals surface area contributed by atoms with E-state index < -0.39 is 0 Å². The molecule has 92 valence electrons. The van der Waals surface area contributed by atoms with E-state index in [-0.39, 0.29) is 17.4 Å². The van der Waals surface area contributed by atoms with Crippen molar-refractivity contribution in [2.45, 2.75) is 56.8 Å². The Morgan fingerprint density at radius 3 is 2.38 bits per heavy atom. The second-order valence-corrected chi connectivity index (χ2v) is 5.47. The Hall–Kier alpha value is -0.590. The lowest BCUT2D eigenvalue weighted by atomic mass is 10.3. The van der Waals surface area contributed by atoms with Crippen LogP contribution in [-0.2, 0) is 6.54 Å². The predicted molar refractivity (Wildman–Crippen MR) is 65.3 cm³/mol. The third-order valence-corrected chi connectivity index (χ3v) is 3.66. The van der Waals surface area contributed by atoms with Gasteiger partial charge in [0.25, 0.3) is 0 Å². The fourth-order valence-corrected chi connectivity index (χ4v) is 2.36. The van der Waals surface area contributed by atoms with Gasteiger partial charge < -0.3 is 15.4 Å². The molecule has 0 radical (unpaired) electrons. The Kier molecular flexibility index (Phi) is 4.76. The number of nitrogens with two attached hydrogens (primary N) is 1. The van der Waals surface area contributed by atoms with Gasteiger partial charge in [-0.25, -0.2) is 0 Å². The van der Waals surface area contributed by atoms with Gasteiger partial charge in [0, 0.05) is 11.3 Å². The lowest BCUT2D eigenvalue weighted by Gasteiger charge is -2.17. The quantitative estimate of drug-likeness (QED) is 0.761. The Bertz CT molecular complexity index is 338. The van der Waals surface area contributed by atoms with E-state index in [0.717, 1.165) is 11.0 Å². The van der Waals surface area contributed by atoms with Gasteiger partial charge in [0.1, 0.15) is 5.82 Å². The molecule has 5 nitrogen and oxygen atoms in total. The maximum Gasteiger partial charge on any atom is 0.191 e. The maximum atomic E-state index is 9.47. The lowest BCUT2D eigenvalue weighted by Crippen LogP contribution is -2.17. The average molecular weight is 244 g/mol. The van der Waals surface area contributed by atoms with Crippen molar-refractivity contribution < 1.29 is 5.11 Å². The Labute approximate surface area is 100 Å². The van der Waals surface area contributed by atoms with Crippen molar-refractivity contribution in [1.82, 2.24) is 14.8 Å². The van der Waals surface area contributed by atoms with Gasteiger partial charge in [-0.15, -0.1) is 10.2 Å². The van der Waals surface area contributed by atoms with E-state index in [9.17, 15) is 5.11 Å². The van der Waals surface area contributed by atoms with E-state index in [1.54, 1.807) is 6.92 Å². The number of hydrogen-bond donors (Lipinski definition) is 2. The summed E-state index contributed by atoms with van der Waals surface area (Å²) in [5.41, 5.74) is 5.61. The first-order chi connectivity index (χ1) is 7.47. The highest BCUT2D eigenvalue weighted by atomic mass is 32.2. The number of aromatic nitrogens is 3. The molecule has 0 bridgehead atoms. The summed E-state index contributed by atoms with van der Waals surface area (Å²) < 4.78 is 2.02. The van der Waals surface area contributed by atoms with Crippen LogP contribution < -0.4 is 5.73 Å². The summed E-state index contributed by atoms with van der Waals surface area (Å²) in [4.78, 5) is 0. The van der Waals surface area contributed by atoms with Crippen LogP contribution in [0.4, 0.5) is 0 Å². The highest BCUT2D eigenvalue weighted by molar-refractivity contribution is 7.99. The number of rotatable bonds is 5. The van der Waals surface area contributed by atoms with Crippen molar-refractivity contribution in [3.05, 3.63) is 5.82 Å². The minimum atomic E-state index is -0.372. The molecule has 0 aliphatic heterocycles. The van der Waals surface area contributed by atoms with Gasteiger partial charge in [-0.2, -0.15) is 0 Å². The molecule has 0 spiro atoms. The van der Waals surface area contributed by atoms with Crippen LogP contribution in [0.3, 0.4) is 0 Å². The molecule has 0 saturated heterocycles. The summed E-state index contributed by atoms with van der Waals surface area (Å²) in [6.07, 6.45) is -0.372. The van der Waals surface area contributed by atoms with Gasteiger partial charge in [0.15, 0.2) is 5.16 Å². The largest absolute Gasteiger partial charge is 0.392 e. The van der Waals surface area contributed by atoms with Crippen LogP contribution in [0.5, 0.6) is 0 Å². The molecule has 0 amide bonds. The second-order valence-electron chi connectivity index (χ2n) is 4.13. The average Bonchev–Trinajstić information content (AvgIpc) is 2.60. The summed E-state index contributed by atoms with van der Waals surface area (Å²) in [5, 5.41) is 18.6. The topological polar surface area (TPSA) is 77.0 Å². The van der Waals surface area contributed by atoms with Gasteiger partial charge in [-0.05, 0) is 20.8 Å². The number of hydrogen-bond acceptors (Lipinski definition) is 5. The lowest BCUT2D eigenvalue weighted by molar-refractivity contribution is 0.196. The van der Waals surface area contributed by atoms with E-state index >= 15 is 0 Å². The third-order valence-electron chi connectivity index (χ3n) is 2.40. The van der Waals surface area contributed by atoms with Crippen LogP contribution >= 0.6 is 11.8 Å². The Morgan fingerprint density at radius 2 is 1.94 bits per heavy atom. The number of thioether (sulfide) groups is 1. The van der Waals surface area contributed by atoms with Crippen LogP contribution in [0.1, 0.15) is 39.6 Å². The van der Waals surface area contributed by atoms with Crippen LogP contribution in [-0.4, -0.2) is 31.2 Å². The summed E-state index contributed by atoms with van der Waals surface area (Å²) in [6.45, 7) is 8.27. The van der Waals surface area contributed by atoms with Gasteiger partial charge in [0.05, 0.1) is 12.6 Å². The molecular weight excluding hydrogens is 224 g/mol. The molecule has 0 fully saturated rings. The summed E-state index contributed by atoms with van der Waals surface area (Å²) in [7, 11) is 0. The zero-order chi connectivity index (χ0) is 12.3. The van der Waals surface area contributed by atoms with Crippen molar-refractivity contribution in [1.29, 1.82) is 0 Å². The van der Waals surface area contributed by atoms with E-state index in [0.29, 0.717) is 6.54 Å². The smallest absolute Gasteiger partial charge is 0.191 e. The molecule has 1 rings (SSSR count). The van der Waals surface area contributed by atoms with Gasteiger partial charge >= 0.3 is 0 Å². The monoisotopic (exact) mass is 244 g/mol. The van der Waals surface area contributed by atoms with Gasteiger partial charge in [0.2, 0.25) is 0 Å². The van der Waals surface area contributed by atoms with E-state index in [4.69, 9.17) is 5.73 Å². The molecule has 2 atom stereocenters. The molecule has 1 aromatic heterocycles. The second kappa shape index (κ2) is 5.65. The molecule has 16 heavy (non-hydrogen) atoms. The first-order valence-corrected chi connectivity index (χ1v) is 6.33. The first-order valence-electron chi connectivity index (χ1n) is 5.46. The molecule has 0 aliphatic rings. The summed E-state index contributed by atoms with van der Waals surface area (Å²) in [6, 6.07) is 0.275. The van der Waals surface area contributed by atoms with Gasteiger partial charge in [-0.1, -0.05) is 18.7 Å². The molecule has 0 aromatic carbocycles. The minimum Gasteiger partial charge on any atom is -0.392 e. The number of nitrogens with zero attached hydrogens (tertiary/aromatic N) is 3. The van der Waals surface area contributed by atoms with Crippen molar-refractivity contribution >= 4 is 11.8 Å². The molecule has 2 unspecified atom stereocenters. The fraction of sp³-hybridized carbons (Fsp3) is 0.800. The zero-order valence-corrected chi connectivity index (χ0v) is 11.0. The van der Waals surface area contributed by atoms with Crippen molar-refractivity contribution in [3.63, 3.8) is 0 Å². The SMILES string of the molecule is CC(O)C(C)Sc1nnc(CN)n1C(C)C. The van der Waals surface area contributed by atoms with E-state index in [2.05, 4.69) is 24.0 Å². The number of aliphatic hydroxyl groups is 1. The zero-order valence-electron chi connectivity index (χ0n) is 10.2. The normalized spacial score (nSPS) is 15.4. The Balaban J connectivity index is 2.92. The summed E-state index contributed by atoms with van der Waals surface area (Å²) in [5.74, 6) is 0.787. The molecule has 0 aliphatic carbocycles. The van der Waals surface area contributed by atoms with E-state index in [1.807, 2.05) is 11.5 Å². The molecule has 0 saturated carbocycles. The van der Waals surface area contributed by atoms with Crippen molar-refractivity contribution in [2.75, 3.05) is 0 Å². The Morgan fingerprint density at radius 1 is 1.31 bits per heavy atom. The molecule has 6 heteroatoms. The van der Waals surface area contributed by atoms with Crippen LogP contribution in [0, 0.1) is 0 Å². The van der Waals surface area contributed by atoms with Crippen LogP contribution in [0.2, 0.25) is 0 Å². The summed E-state index contributed by atoms with van der Waals surface area (Å²) >= 11 is 1.53. The highest BCUT2D eigenvalue weighted by Gasteiger charge is 2.18.